The van der Waals surface area contributed by atoms with Crippen LogP contribution in [0.25, 0.3) is 0 Å². The van der Waals surface area contributed by atoms with Crippen molar-refractivity contribution < 1.29 is 0 Å². The molecule has 0 bridgehead atoms. The number of hydrogen-bond donors (Lipinski definition) is 0. The molecule has 0 rings (SSSR count). The normalized spacial score (nSPS) is 7.00. The van der Waals surface area contributed by atoms with Crippen molar-refractivity contribution in [2.45, 2.75) is 34.6 Å². The molecule has 0 aliphatic rings. The Labute approximate surface area is 65.9 Å². The molecule has 0 aromatic carbocycles. The summed E-state index contributed by atoms with van der Waals surface area (Å²) in [6.45, 7) is 13.5. The van der Waals surface area contributed by atoms with Crippen molar-refractivity contribution in [2.24, 2.45) is 4.99 Å². The van der Waals surface area contributed by atoms with Crippen LogP contribution in [0.4, 0.5) is 0 Å². The zero-order chi connectivity index (χ0) is 8.99. The Balaban J connectivity index is -0.000000105. The third-order valence-corrected chi connectivity index (χ3v) is 0.349. The van der Waals surface area contributed by atoms with Crippen LogP contribution < -0.4 is 0 Å². The highest BCUT2D eigenvalue weighted by molar-refractivity contribution is 5.76. The zero-order valence-electron chi connectivity index (χ0n) is 8.23. The van der Waals surface area contributed by atoms with Crippen molar-refractivity contribution in [3.05, 3.63) is 12.2 Å². The van der Waals surface area contributed by atoms with E-state index in [0.29, 0.717) is 0 Å². The maximum Gasteiger partial charge on any atom is 0.0277 e. The minimum Gasteiger partial charge on any atom is -0.296 e. The molecular weight excluding hydrogens is 122 g/mol. The lowest BCUT2D eigenvalue weighted by molar-refractivity contribution is 1.45. The number of allylic oxidation sites excluding steroid dienone is 1. The molecule has 0 aliphatic heterocycles. The molecule has 62 valence electrons. The van der Waals surface area contributed by atoms with E-state index in [-0.39, 0.29) is 0 Å². The van der Waals surface area contributed by atoms with Gasteiger partial charge in [-0.25, -0.2) is 0 Å². The molecule has 0 saturated carbocycles. The second-order valence-electron chi connectivity index (χ2n) is 1.23. The molecule has 0 radical (unpaired) electrons. The van der Waals surface area contributed by atoms with Gasteiger partial charge in [0.25, 0.3) is 0 Å². The van der Waals surface area contributed by atoms with Gasteiger partial charge in [0.2, 0.25) is 0 Å². The maximum absolute atomic E-state index is 3.71. The van der Waals surface area contributed by atoms with Gasteiger partial charge in [0.05, 0.1) is 0 Å². The molecule has 0 N–H and O–H groups in total. The van der Waals surface area contributed by atoms with Gasteiger partial charge in [-0.05, 0) is 12.5 Å². The summed E-state index contributed by atoms with van der Waals surface area (Å²) in [4.78, 5) is 3.71. The van der Waals surface area contributed by atoms with Crippen LogP contribution in [0.3, 0.4) is 0 Å². The van der Waals surface area contributed by atoms with Crippen LogP contribution in [0, 0.1) is 0 Å². The third kappa shape index (κ3) is 52.4. The molecule has 1 heteroatoms. The van der Waals surface area contributed by atoms with E-state index in [2.05, 4.69) is 11.6 Å². The van der Waals surface area contributed by atoms with Gasteiger partial charge >= 0.3 is 0 Å². The van der Waals surface area contributed by atoms with Crippen LogP contribution in [0.2, 0.25) is 0 Å². The Hall–Kier alpha value is -0.590. The molecule has 0 spiro atoms. The van der Waals surface area contributed by atoms with E-state index in [1.165, 1.54) is 0 Å². The highest BCUT2D eigenvalue weighted by atomic mass is 14.6. The predicted molar refractivity (Wildman–Crippen MR) is 51.9 cm³/mol. The second kappa shape index (κ2) is 23.7. The Kier molecular flexibility index (Phi) is 38.5. The van der Waals surface area contributed by atoms with Crippen molar-refractivity contribution in [2.75, 3.05) is 7.05 Å². The topological polar surface area (TPSA) is 12.4 Å². The Bertz CT molecular complexity index is 72.8. The van der Waals surface area contributed by atoms with Gasteiger partial charge in [-0.15, -0.1) is 0 Å². The summed E-state index contributed by atoms with van der Waals surface area (Å²) in [5.74, 6) is 0. The van der Waals surface area contributed by atoms with Gasteiger partial charge in [0, 0.05) is 13.3 Å². The van der Waals surface area contributed by atoms with Crippen LogP contribution in [0.1, 0.15) is 34.6 Å². The van der Waals surface area contributed by atoms with Crippen molar-refractivity contribution in [1.29, 1.82) is 0 Å². The first kappa shape index (κ1) is 16.2. The van der Waals surface area contributed by atoms with Crippen LogP contribution in [-0.4, -0.2) is 13.3 Å². The van der Waals surface area contributed by atoms with Gasteiger partial charge < -0.3 is 0 Å². The maximum atomic E-state index is 3.71. The number of aliphatic imine (C=N–C) groups is 1. The van der Waals surface area contributed by atoms with Crippen LogP contribution in [0.15, 0.2) is 17.1 Å². The van der Waals surface area contributed by atoms with Gasteiger partial charge in [0.15, 0.2) is 0 Å². The van der Waals surface area contributed by atoms with E-state index < -0.39 is 0 Å². The first-order chi connectivity index (χ1) is 4.77. The third-order valence-electron chi connectivity index (χ3n) is 0.349. The molecule has 0 atom stereocenters. The van der Waals surface area contributed by atoms with Crippen molar-refractivity contribution in [1.82, 2.24) is 0 Å². The first-order valence-electron chi connectivity index (χ1n) is 3.85. The molecular formula is C9H21N. The van der Waals surface area contributed by atoms with E-state index in [9.17, 15) is 0 Å². The van der Waals surface area contributed by atoms with Crippen LogP contribution in [0.5, 0.6) is 0 Å². The molecule has 10 heavy (non-hydrogen) atoms. The second-order valence-corrected chi connectivity index (χ2v) is 1.23. The quantitative estimate of drug-likeness (QED) is 0.499. The predicted octanol–water partition coefficient (Wildman–Crippen LogP) is 3.32. The molecule has 0 aliphatic carbocycles. The lowest BCUT2D eigenvalue weighted by Gasteiger charge is -1.75. The SMILES string of the molecule is C=C(C)C=NC.CC.CC. The Morgan fingerprint density at radius 3 is 1.50 bits per heavy atom. The van der Waals surface area contributed by atoms with Gasteiger partial charge in [-0.1, -0.05) is 34.3 Å². The van der Waals surface area contributed by atoms with Crippen molar-refractivity contribution in [3.63, 3.8) is 0 Å². The van der Waals surface area contributed by atoms with E-state index in [1.807, 2.05) is 34.6 Å². The van der Waals surface area contributed by atoms with Crippen LogP contribution >= 0.6 is 0 Å². The molecule has 0 heterocycles. The summed E-state index contributed by atoms with van der Waals surface area (Å²) in [5, 5.41) is 0. The smallest absolute Gasteiger partial charge is 0.0277 e. The average Bonchev–Trinajstić information content (AvgIpc) is 1.96. The number of hydrogen-bond acceptors (Lipinski definition) is 1. The fraction of sp³-hybridized carbons (Fsp3) is 0.667. The summed E-state index contributed by atoms with van der Waals surface area (Å²) in [6.07, 6.45) is 1.72. The number of rotatable bonds is 1. The van der Waals surface area contributed by atoms with E-state index in [0.717, 1.165) is 5.57 Å². The molecule has 0 saturated heterocycles. The summed E-state index contributed by atoms with van der Waals surface area (Å²) in [7, 11) is 1.73. The summed E-state index contributed by atoms with van der Waals surface area (Å²) in [5.41, 5.74) is 0.998. The van der Waals surface area contributed by atoms with Crippen molar-refractivity contribution in [3.8, 4) is 0 Å². The lowest BCUT2D eigenvalue weighted by Crippen LogP contribution is -1.68. The standard InChI is InChI=1S/C5H9N.2C2H6/c1-5(2)4-6-3;2*1-2/h4H,1H2,2-3H3;2*1-2H3. The fourth-order valence-electron chi connectivity index (χ4n) is 0.220. The number of nitrogens with zero attached hydrogens (tertiary/aromatic N) is 1. The summed E-state index contributed by atoms with van der Waals surface area (Å²) >= 11 is 0. The fourth-order valence-corrected chi connectivity index (χ4v) is 0.220. The molecule has 1 nitrogen and oxygen atoms in total. The van der Waals surface area contributed by atoms with Crippen LogP contribution in [-0.2, 0) is 0 Å². The monoisotopic (exact) mass is 143 g/mol. The average molecular weight is 143 g/mol. The molecule has 0 unspecified atom stereocenters. The highest BCUT2D eigenvalue weighted by Gasteiger charge is 1.65. The minimum absolute atomic E-state index is 0.998. The minimum atomic E-state index is 0.998. The lowest BCUT2D eigenvalue weighted by atomic mass is 10.4. The van der Waals surface area contributed by atoms with E-state index >= 15 is 0 Å². The summed E-state index contributed by atoms with van der Waals surface area (Å²) < 4.78 is 0. The molecule has 0 amide bonds. The van der Waals surface area contributed by atoms with Crippen molar-refractivity contribution >= 4 is 6.21 Å². The Morgan fingerprint density at radius 2 is 1.50 bits per heavy atom. The zero-order valence-corrected chi connectivity index (χ0v) is 8.23. The molecule has 0 aromatic heterocycles. The largest absolute Gasteiger partial charge is 0.296 e. The van der Waals surface area contributed by atoms with Gasteiger partial charge in [-0.3, -0.25) is 4.99 Å². The molecule has 0 aromatic rings. The summed E-state index contributed by atoms with van der Waals surface area (Å²) in [6, 6.07) is 0. The first-order valence-corrected chi connectivity index (χ1v) is 3.85. The van der Waals surface area contributed by atoms with E-state index in [1.54, 1.807) is 13.3 Å². The van der Waals surface area contributed by atoms with E-state index in [4.69, 9.17) is 0 Å². The Morgan fingerprint density at radius 1 is 1.20 bits per heavy atom. The van der Waals surface area contributed by atoms with Gasteiger partial charge in [-0.2, -0.15) is 0 Å². The molecule has 0 fully saturated rings. The van der Waals surface area contributed by atoms with Gasteiger partial charge in [0.1, 0.15) is 0 Å². The highest BCUT2D eigenvalue weighted by Crippen LogP contribution is 1.75.